The summed E-state index contributed by atoms with van der Waals surface area (Å²) in [5.74, 6) is -12.7. The topological polar surface area (TPSA) is 34.1 Å². The van der Waals surface area contributed by atoms with Crippen molar-refractivity contribution in [2.45, 2.75) is 22.2 Å². The molecule has 0 aliphatic rings. The minimum Gasteiger partial charge on any atom is -0.217 e. The maximum Gasteiger partial charge on any atom is 0.461 e. The van der Waals surface area contributed by atoms with Crippen molar-refractivity contribution in [3.8, 4) is 11.1 Å². The second-order valence-electron chi connectivity index (χ2n) is 5.48. The van der Waals surface area contributed by atoms with Gasteiger partial charge in [-0.05, 0) is 34.1 Å². The van der Waals surface area contributed by atoms with Crippen molar-refractivity contribution in [2.75, 3.05) is 0 Å². The quantitative estimate of drug-likeness (QED) is 0.292. The van der Waals surface area contributed by atoms with Gasteiger partial charge in [-0.1, -0.05) is 15.9 Å². The molecular formula is C15H3Br2F10O2S. The summed E-state index contributed by atoms with van der Waals surface area (Å²) in [5, 5.41) is -6.81. The van der Waals surface area contributed by atoms with E-state index in [0.717, 1.165) is 0 Å². The molecule has 0 unspecified atom stereocenters. The van der Waals surface area contributed by atoms with Crippen molar-refractivity contribution in [1.82, 2.24) is 0 Å². The first-order chi connectivity index (χ1) is 13.4. The van der Waals surface area contributed by atoms with Crippen LogP contribution in [0.5, 0.6) is 0 Å². The fourth-order valence-corrected chi connectivity index (χ4v) is 5.25. The van der Waals surface area contributed by atoms with E-state index >= 15 is 0 Å². The van der Waals surface area contributed by atoms with Gasteiger partial charge in [-0.3, -0.25) is 0 Å². The van der Waals surface area contributed by atoms with Crippen LogP contribution < -0.4 is 0 Å². The van der Waals surface area contributed by atoms with Gasteiger partial charge in [-0.2, -0.15) is 30.7 Å². The van der Waals surface area contributed by atoms with E-state index in [-0.39, 0.29) is 18.2 Å². The lowest BCUT2D eigenvalue weighted by molar-refractivity contribution is -0.332. The third-order valence-corrected chi connectivity index (χ3v) is 6.45. The lowest BCUT2D eigenvalue weighted by atomic mass is 10.0. The molecule has 0 bridgehead atoms. The Morgan fingerprint density at radius 1 is 0.833 bits per heavy atom. The highest BCUT2D eigenvalue weighted by molar-refractivity contribution is 9.11. The van der Waals surface area contributed by atoms with Crippen LogP contribution in [0.1, 0.15) is 0 Å². The molecule has 0 aromatic heterocycles. The van der Waals surface area contributed by atoms with Crippen molar-refractivity contribution < 1.29 is 52.3 Å². The van der Waals surface area contributed by atoms with Crippen LogP contribution in [0, 0.1) is 23.5 Å². The number of sulfone groups is 1. The zero-order valence-corrected chi connectivity index (χ0v) is 17.5. The van der Waals surface area contributed by atoms with Crippen LogP contribution in [0.4, 0.5) is 43.9 Å². The smallest absolute Gasteiger partial charge is 0.217 e. The predicted octanol–water partition coefficient (Wildman–Crippen LogP) is 6.66. The first-order valence-corrected chi connectivity index (χ1v) is 10.1. The molecule has 0 N–H and O–H groups in total. The maximum absolute atomic E-state index is 14.1. The van der Waals surface area contributed by atoms with Crippen molar-refractivity contribution in [3.05, 3.63) is 50.7 Å². The van der Waals surface area contributed by atoms with E-state index in [0.29, 0.717) is 0 Å². The van der Waals surface area contributed by atoms with E-state index in [1.54, 1.807) is 0 Å². The monoisotopic (exact) mass is 595 g/mol. The van der Waals surface area contributed by atoms with Gasteiger partial charge in [0.05, 0.1) is 10.5 Å². The van der Waals surface area contributed by atoms with E-state index in [2.05, 4.69) is 37.9 Å². The summed E-state index contributed by atoms with van der Waals surface area (Å²) in [6.45, 7) is 0. The normalized spacial score (nSPS) is 13.6. The molecule has 2 aromatic rings. The summed E-state index contributed by atoms with van der Waals surface area (Å²) < 4.78 is 157. The van der Waals surface area contributed by atoms with E-state index in [4.69, 9.17) is 0 Å². The number of alkyl halides is 7. The van der Waals surface area contributed by atoms with E-state index in [1.807, 2.05) is 0 Å². The van der Waals surface area contributed by atoms with Crippen LogP contribution in [0.25, 0.3) is 11.1 Å². The predicted molar refractivity (Wildman–Crippen MR) is 89.1 cm³/mol. The number of benzene rings is 2. The zero-order valence-electron chi connectivity index (χ0n) is 13.5. The maximum atomic E-state index is 14.1. The van der Waals surface area contributed by atoms with Gasteiger partial charge >= 0.3 is 17.4 Å². The Balaban J connectivity index is 2.99. The van der Waals surface area contributed by atoms with E-state index < -0.39 is 69.6 Å². The van der Waals surface area contributed by atoms with Crippen LogP contribution in [-0.2, 0) is 9.84 Å². The Labute approximate surface area is 178 Å². The molecule has 2 aromatic carbocycles. The SMILES string of the molecule is O=S(=O)(c1cc(Br)[c]c(Br)c1-c1c(F)ccc(F)c1F)C(F)(F)C(F)(F)C(F)(F)F. The molecule has 2 nitrogen and oxygen atoms in total. The van der Waals surface area contributed by atoms with Gasteiger partial charge in [0.2, 0.25) is 0 Å². The van der Waals surface area contributed by atoms with E-state index in [1.165, 1.54) is 0 Å². The van der Waals surface area contributed by atoms with Crippen LogP contribution in [0.15, 0.2) is 32.0 Å². The second kappa shape index (κ2) is 7.65. The van der Waals surface area contributed by atoms with Gasteiger partial charge in [-0.25, -0.2) is 21.6 Å². The van der Waals surface area contributed by atoms with Crippen molar-refractivity contribution in [2.24, 2.45) is 0 Å². The Morgan fingerprint density at radius 2 is 1.33 bits per heavy atom. The largest absolute Gasteiger partial charge is 0.461 e. The van der Waals surface area contributed by atoms with Crippen molar-refractivity contribution >= 4 is 41.7 Å². The first-order valence-electron chi connectivity index (χ1n) is 7.00. The second-order valence-corrected chi connectivity index (χ2v) is 9.09. The third-order valence-electron chi connectivity index (χ3n) is 3.60. The molecule has 0 aliphatic carbocycles. The molecule has 0 atom stereocenters. The Morgan fingerprint density at radius 3 is 1.83 bits per heavy atom. The number of hydrogen-bond acceptors (Lipinski definition) is 2. The average Bonchev–Trinajstić information content (AvgIpc) is 2.58. The molecule has 1 radical (unpaired) electrons. The zero-order chi connectivity index (χ0) is 23.4. The first kappa shape index (κ1) is 24.9. The van der Waals surface area contributed by atoms with Crippen LogP contribution in [0.3, 0.4) is 0 Å². The highest BCUT2D eigenvalue weighted by Gasteiger charge is 2.78. The van der Waals surface area contributed by atoms with E-state index in [9.17, 15) is 52.3 Å². The van der Waals surface area contributed by atoms with Gasteiger partial charge < -0.3 is 0 Å². The van der Waals surface area contributed by atoms with Crippen LogP contribution in [0.2, 0.25) is 0 Å². The lowest BCUT2D eigenvalue weighted by Crippen LogP contribution is -2.56. The summed E-state index contributed by atoms with van der Waals surface area (Å²) in [4.78, 5) is -2.04. The summed E-state index contributed by atoms with van der Waals surface area (Å²) in [6.07, 6.45) is -7.01. The van der Waals surface area contributed by atoms with Gasteiger partial charge in [0.15, 0.2) is 11.6 Å². The highest BCUT2D eigenvalue weighted by Crippen LogP contribution is 2.53. The fourth-order valence-electron chi connectivity index (χ4n) is 2.17. The summed E-state index contributed by atoms with van der Waals surface area (Å²) in [5.41, 5.74) is -3.10. The molecule has 15 heteroatoms. The van der Waals surface area contributed by atoms with Crippen molar-refractivity contribution in [3.63, 3.8) is 0 Å². The fraction of sp³-hybridized carbons (Fsp3) is 0.200. The van der Waals surface area contributed by atoms with Gasteiger partial charge in [0, 0.05) is 20.6 Å². The molecule has 0 amide bonds. The number of halogens is 12. The van der Waals surface area contributed by atoms with Gasteiger partial charge in [-0.15, -0.1) is 0 Å². The number of hydrogen-bond donors (Lipinski definition) is 0. The van der Waals surface area contributed by atoms with Gasteiger partial charge in [0.25, 0.3) is 9.84 Å². The minimum absolute atomic E-state index is 0.0690. The third kappa shape index (κ3) is 3.72. The lowest BCUT2D eigenvalue weighted by Gasteiger charge is -2.28. The average molecular weight is 597 g/mol. The Bertz CT molecular complexity index is 1110. The molecule has 0 aliphatic heterocycles. The molecule has 0 heterocycles. The molecule has 165 valence electrons. The number of rotatable bonds is 4. The minimum atomic E-state index is -7.09. The van der Waals surface area contributed by atoms with Crippen LogP contribution in [-0.4, -0.2) is 25.8 Å². The summed E-state index contributed by atoms with van der Waals surface area (Å²) in [6, 6.07) is 2.66. The highest BCUT2D eigenvalue weighted by atomic mass is 79.9. The molecular weight excluding hydrogens is 594 g/mol. The Hall–Kier alpha value is -1.35. The Kier molecular flexibility index (Phi) is 6.36. The summed E-state index contributed by atoms with van der Waals surface area (Å²) >= 11 is 5.07. The van der Waals surface area contributed by atoms with Crippen molar-refractivity contribution in [1.29, 1.82) is 0 Å². The van der Waals surface area contributed by atoms with Gasteiger partial charge in [0.1, 0.15) is 5.82 Å². The van der Waals surface area contributed by atoms with Crippen LogP contribution >= 0.6 is 31.9 Å². The molecule has 0 saturated carbocycles. The molecule has 30 heavy (non-hydrogen) atoms. The molecule has 0 saturated heterocycles. The molecule has 0 fully saturated rings. The molecule has 0 spiro atoms. The summed E-state index contributed by atoms with van der Waals surface area (Å²) in [7, 11) is -6.99. The standard InChI is InChI=1S/C15H3Br2F10O2S/c16-5-3-6(17)10(11-7(18)1-2-8(19)12(11)20)9(4-5)30(28,29)15(26,27)13(21,22)14(23,24)25/h1-2,4H. The molecule has 2 rings (SSSR count).